The average molecular weight is 384 g/mol. The minimum Gasteiger partial charge on any atom is -0.348 e. The molecule has 1 saturated carbocycles. The molecule has 2 aliphatic rings. The first-order valence-corrected chi connectivity index (χ1v) is 10.5. The van der Waals surface area contributed by atoms with E-state index < -0.39 is 0 Å². The molecule has 6 heteroatoms. The summed E-state index contributed by atoms with van der Waals surface area (Å²) in [4.78, 5) is 30.7. The number of nitrogens with one attached hydrogen (secondary N) is 1. The van der Waals surface area contributed by atoms with Crippen LogP contribution in [0.1, 0.15) is 47.3 Å². The van der Waals surface area contributed by atoms with Gasteiger partial charge in [0, 0.05) is 24.5 Å². The van der Waals surface area contributed by atoms with Crippen molar-refractivity contribution < 1.29 is 9.59 Å². The normalized spacial score (nSPS) is 18.9. The number of hydrogen-bond acceptors (Lipinski definition) is 4. The molecule has 1 aliphatic carbocycles. The molecule has 4 rings (SSSR count). The molecule has 1 aromatic heterocycles. The van der Waals surface area contributed by atoms with Crippen molar-refractivity contribution in [1.29, 1.82) is 0 Å². The number of amides is 2. The smallest absolute Gasteiger partial charge is 0.270 e. The Morgan fingerprint density at radius 2 is 1.93 bits per heavy atom. The van der Waals surface area contributed by atoms with Gasteiger partial charge in [-0.3, -0.25) is 9.59 Å². The number of aromatic nitrogens is 1. The summed E-state index contributed by atoms with van der Waals surface area (Å²) in [6.07, 6.45) is 4.59. The van der Waals surface area contributed by atoms with E-state index in [1.165, 1.54) is 16.9 Å². The molecule has 2 amide bonds. The molecular weight excluding hydrogens is 358 g/mol. The van der Waals surface area contributed by atoms with Gasteiger partial charge in [0.05, 0.1) is 11.9 Å². The lowest BCUT2D eigenvalue weighted by atomic mass is 9.60. The Bertz CT molecular complexity index is 800. The highest BCUT2D eigenvalue weighted by atomic mass is 32.1. The van der Waals surface area contributed by atoms with Gasteiger partial charge in [-0.15, -0.1) is 11.3 Å². The molecule has 1 aromatic carbocycles. The molecule has 1 N–H and O–H groups in total. The number of likely N-dealkylation sites (tertiary alicyclic amines) is 1. The molecule has 1 spiro atoms. The Balaban J connectivity index is 1.23. The van der Waals surface area contributed by atoms with Crippen LogP contribution in [0.2, 0.25) is 0 Å². The average Bonchev–Trinajstić information content (AvgIpc) is 3.18. The van der Waals surface area contributed by atoms with E-state index in [0.717, 1.165) is 44.3 Å². The van der Waals surface area contributed by atoms with Gasteiger partial charge in [0.2, 0.25) is 5.91 Å². The fourth-order valence-electron chi connectivity index (χ4n) is 4.30. The summed E-state index contributed by atoms with van der Waals surface area (Å²) >= 11 is 1.44. The second-order valence-electron chi connectivity index (χ2n) is 8.00. The fraction of sp³-hybridized carbons (Fsp3) is 0.476. The third-order valence-corrected chi connectivity index (χ3v) is 6.60. The molecule has 142 valence electrons. The first-order chi connectivity index (χ1) is 13.0. The molecule has 2 heterocycles. The first-order valence-electron chi connectivity index (χ1n) is 9.55. The molecule has 0 unspecified atom stereocenters. The van der Waals surface area contributed by atoms with Crippen molar-refractivity contribution in [2.45, 2.75) is 45.1 Å². The Morgan fingerprint density at radius 3 is 2.56 bits per heavy atom. The predicted molar refractivity (Wildman–Crippen MR) is 106 cm³/mol. The molecule has 27 heavy (non-hydrogen) atoms. The van der Waals surface area contributed by atoms with Gasteiger partial charge in [0.25, 0.3) is 5.91 Å². The standard InChI is InChI=1S/C21H25N3O2S/c1-15-2-4-16(5-3-15)10-19(25)24-8-6-21(7-9-24)11-17(12-21)23-20(26)18-13-27-14-22-18/h2-5,13-14,17H,6-12H2,1H3,(H,23,26). The molecule has 0 atom stereocenters. The topological polar surface area (TPSA) is 62.3 Å². The quantitative estimate of drug-likeness (QED) is 0.882. The highest BCUT2D eigenvalue weighted by Gasteiger charge is 2.46. The Kier molecular flexibility index (Phi) is 5.00. The number of benzene rings is 1. The number of hydrogen-bond donors (Lipinski definition) is 1. The van der Waals surface area contributed by atoms with Crippen molar-refractivity contribution in [2.24, 2.45) is 5.41 Å². The summed E-state index contributed by atoms with van der Waals surface area (Å²) in [7, 11) is 0. The zero-order valence-corrected chi connectivity index (χ0v) is 16.4. The number of aryl methyl sites for hydroxylation is 1. The largest absolute Gasteiger partial charge is 0.348 e. The first kappa shape index (κ1) is 18.2. The summed E-state index contributed by atoms with van der Waals surface area (Å²) in [6, 6.07) is 8.44. The van der Waals surface area contributed by atoms with E-state index in [-0.39, 0.29) is 17.9 Å². The van der Waals surface area contributed by atoms with Gasteiger partial charge >= 0.3 is 0 Å². The maximum absolute atomic E-state index is 12.6. The van der Waals surface area contributed by atoms with E-state index in [1.54, 1.807) is 10.9 Å². The molecule has 5 nitrogen and oxygen atoms in total. The number of piperidine rings is 1. The van der Waals surface area contributed by atoms with Crippen LogP contribution < -0.4 is 5.32 Å². The Morgan fingerprint density at radius 1 is 1.22 bits per heavy atom. The van der Waals surface area contributed by atoms with Gasteiger partial charge in [-0.25, -0.2) is 4.98 Å². The lowest BCUT2D eigenvalue weighted by molar-refractivity contribution is -0.134. The lowest BCUT2D eigenvalue weighted by Crippen LogP contribution is -2.55. The monoisotopic (exact) mass is 383 g/mol. The molecule has 1 aliphatic heterocycles. The van der Waals surface area contributed by atoms with Gasteiger partial charge in [-0.2, -0.15) is 0 Å². The number of thiazole rings is 1. The van der Waals surface area contributed by atoms with Crippen LogP contribution in [0, 0.1) is 12.3 Å². The predicted octanol–water partition coefficient (Wildman–Crippen LogP) is 3.20. The van der Waals surface area contributed by atoms with Crippen LogP contribution in [-0.2, 0) is 11.2 Å². The van der Waals surface area contributed by atoms with E-state index in [9.17, 15) is 9.59 Å². The van der Waals surface area contributed by atoms with Crippen molar-refractivity contribution in [2.75, 3.05) is 13.1 Å². The Hall–Kier alpha value is -2.21. The summed E-state index contributed by atoms with van der Waals surface area (Å²) in [6.45, 7) is 3.72. The summed E-state index contributed by atoms with van der Waals surface area (Å²) in [5.74, 6) is 0.156. The van der Waals surface area contributed by atoms with Crippen LogP contribution in [0.4, 0.5) is 0 Å². The van der Waals surface area contributed by atoms with Crippen LogP contribution in [0.3, 0.4) is 0 Å². The lowest BCUT2D eigenvalue weighted by Gasteiger charge is -2.52. The maximum atomic E-state index is 12.6. The van der Waals surface area contributed by atoms with Crippen LogP contribution in [-0.4, -0.2) is 40.8 Å². The number of carbonyl (C=O) groups excluding carboxylic acids is 2. The maximum Gasteiger partial charge on any atom is 0.270 e. The summed E-state index contributed by atoms with van der Waals surface area (Å²) in [5, 5.41) is 4.87. The van der Waals surface area contributed by atoms with Crippen LogP contribution in [0.25, 0.3) is 0 Å². The van der Waals surface area contributed by atoms with E-state index in [1.807, 2.05) is 17.0 Å². The van der Waals surface area contributed by atoms with Crippen molar-refractivity contribution >= 4 is 23.2 Å². The van der Waals surface area contributed by atoms with Crippen molar-refractivity contribution in [3.05, 3.63) is 52.0 Å². The summed E-state index contributed by atoms with van der Waals surface area (Å²) in [5.41, 5.74) is 4.80. The molecule has 1 saturated heterocycles. The third-order valence-electron chi connectivity index (χ3n) is 6.01. The minimum absolute atomic E-state index is 0.0678. The Labute approximate surface area is 163 Å². The van der Waals surface area contributed by atoms with Gasteiger partial charge in [-0.1, -0.05) is 29.8 Å². The second kappa shape index (κ2) is 7.43. The van der Waals surface area contributed by atoms with E-state index in [0.29, 0.717) is 17.5 Å². The molecular formula is C21H25N3O2S. The molecule has 2 aromatic rings. The van der Waals surface area contributed by atoms with Gasteiger partial charge in [0.15, 0.2) is 0 Å². The zero-order chi connectivity index (χ0) is 18.9. The third kappa shape index (κ3) is 4.05. The number of nitrogens with zero attached hydrogens (tertiary/aromatic N) is 2. The highest BCUT2D eigenvalue weighted by Crippen LogP contribution is 2.49. The highest BCUT2D eigenvalue weighted by molar-refractivity contribution is 7.07. The summed E-state index contributed by atoms with van der Waals surface area (Å²) < 4.78 is 0. The molecule has 2 fully saturated rings. The minimum atomic E-state index is -0.0678. The number of rotatable bonds is 4. The SMILES string of the molecule is Cc1ccc(CC(=O)N2CCC3(CC2)CC(NC(=O)c2cscn2)C3)cc1. The van der Waals surface area contributed by atoms with Gasteiger partial charge in [0.1, 0.15) is 5.69 Å². The van der Waals surface area contributed by atoms with E-state index >= 15 is 0 Å². The molecule has 0 bridgehead atoms. The van der Waals surface area contributed by atoms with E-state index in [4.69, 9.17) is 0 Å². The van der Waals surface area contributed by atoms with E-state index in [2.05, 4.69) is 29.4 Å². The van der Waals surface area contributed by atoms with Crippen LogP contribution in [0.15, 0.2) is 35.2 Å². The number of carbonyl (C=O) groups is 2. The zero-order valence-electron chi connectivity index (χ0n) is 15.6. The van der Waals surface area contributed by atoms with Crippen molar-refractivity contribution in [1.82, 2.24) is 15.2 Å². The van der Waals surface area contributed by atoms with Crippen molar-refractivity contribution in [3.8, 4) is 0 Å². The van der Waals surface area contributed by atoms with Crippen molar-refractivity contribution in [3.63, 3.8) is 0 Å². The molecule has 0 radical (unpaired) electrons. The van der Waals surface area contributed by atoms with Crippen LogP contribution >= 0.6 is 11.3 Å². The fourth-order valence-corrected chi connectivity index (χ4v) is 4.83. The second-order valence-corrected chi connectivity index (χ2v) is 8.71. The van der Waals surface area contributed by atoms with Gasteiger partial charge in [-0.05, 0) is 43.6 Å². The van der Waals surface area contributed by atoms with Gasteiger partial charge < -0.3 is 10.2 Å². The van der Waals surface area contributed by atoms with Crippen LogP contribution in [0.5, 0.6) is 0 Å².